The summed E-state index contributed by atoms with van der Waals surface area (Å²) in [4.78, 5) is 21.6. The number of carbonyl (C=O) groups is 2. The molecular weight excluding hydrogens is 350 g/mol. The Kier molecular flexibility index (Phi) is 14.4. The standard InChI is InChI=1S/C13H29N.C11H12O3/c1-4-5-6-7-8-9-10-11-12-13(2,3)14;1-8-2-4-9(5-3-8)10(12)6-7-11(13)14/h4-12,14H2,1-3H3;2-5H,6-7H2,1H3,(H,13,14). The maximum absolute atomic E-state index is 11.4. The number of benzene rings is 1. The summed E-state index contributed by atoms with van der Waals surface area (Å²) in [6, 6.07) is 7.13. The Morgan fingerprint density at radius 2 is 1.39 bits per heavy atom. The number of nitrogens with two attached hydrogens (primary N) is 1. The smallest absolute Gasteiger partial charge is 0.303 e. The van der Waals surface area contributed by atoms with E-state index in [0.29, 0.717) is 5.56 Å². The third-order valence-corrected chi connectivity index (χ3v) is 4.61. The van der Waals surface area contributed by atoms with E-state index in [4.69, 9.17) is 10.8 Å². The number of Topliss-reactive ketones (excluding diaryl/α,β-unsaturated/α-hetero) is 1. The molecule has 1 aromatic rings. The van der Waals surface area contributed by atoms with E-state index >= 15 is 0 Å². The van der Waals surface area contributed by atoms with E-state index in [1.165, 1.54) is 57.8 Å². The molecule has 160 valence electrons. The normalized spacial score (nSPS) is 10.9. The summed E-state index contributed by atoms with van der Waals surface area (Å²) in [5.41, 5.74) is 7.62. The first-order valence-corrected chi connectivity index (χ1v) is 10.8. The molecule has 0 spiro atoms. The zero-order chi connectivity index (χ0) is 21.4. The Balaban J connectivity index is 0.000000521. The first kappa shape index (κ1) is 26.3. The molecule has 1 aromatic carbocycles. The van der Waals surface area contributed by atoms with Gasteiger partial charge in [0.25, 0.3) is 0 Å². The van der Waals surface area contributed by atoms with Crippen LogP contribution < -0.4 is 5.73 Å². The lowest BCUT2D eigenvalue weighted by Gasteiger charge is -2.17. The van der Waals surface area contributed by atoms with E-state index in [9.17, 15) is 9.59 Å². The van der Waals surface area contributed by atoms with E-state index < -0.39 is 5.97 Å². The van der Waals surface area contributed by atoms with Crippen molar-refractivity contribution < 1.29 is 14.7 Å². The Morgan fingerprint density at radius 3 is 1.86 bits per heavy atom. The van der Waals surface area contributed by atoms with Crippen LogP contribution in [0.1, 0.15) is 107 Å². The lowest BCUT2D eigenvalue weighted by atomic mass is 9.97. The summed E-state index contributed by atoms with van der Waals surface area (Å²) in [7, 11) is 0. The highest BCUT2D eigenvalue weighted by Gasteiger charge is 2.09. The van der Waals surface area contributed by atoms with Crippen LogP contribution in [-0.2, 0) is 4.79 Å². The molecule has 0 heterocycles. The minimum Gasteiger partial charge on any atom is -0.481 e. The monoisotopic (exact) mass is 391 g/mol. The van der Waals surface area contributed by atoms with Crippen LogP contribution in [0.25, 0.3) is 0 Å². The molecule has 28 heavy (non-hydrogen) atoms. The summed E-state index contributed by atoms with van der Waals surface area (Å²) in [5.74, 6) is -1.06. The van der Waals surface area contributed by atoms with Crippen LogP contribution in [-0.4, -0.2) is 22.4 Å². The fraction of sp³-hybridized carbons (Fsp3) is 0.667. The van der Waals surface area contributed by atoms with Crippen LogP contribution in [0.2, 0.25) is 0 Å². The zero-order valence-electron chi connectivity index (χ0n) is 18.4. The number of carboxylic acids is 1. The number of carbonyl (C=O) groups excluding carboxylic acids is 1. The van der Waals surface area contributed by atoms with Gasteiger partial charge in [-0.2, -0.15) is 0 Å². The zero-order valence-corrected chi connectivity index (χ0v) is 18.4. The minimum atomic E-state index is -0.939. The van der Waals surface area contributed by atoms with Crippen LogP contribution in [0, 0.1) is 6.92 Å². The Bertz CT molecular complexity index is 544. The average Bonchev–Trinajstić information content (AvgIpc) is 2.62. The molecule has 0 aromatic heterocycles. The molecule has 0 fully saturated rings. The maximum Gasteiger partial charge on any atom is 0.303 e. The third-order valence-electron chi connectivity index (χ3n) is 4.61. The predicted octanol–water partition coefficient (Wildman–Crippen LogP) is 6.30. The second kappa shape index (κ2) is 15.3. The summed E-state index contributed by atoms with van der Waals surface area (Å²) in [6.07, 6.45) is 12.2. The van der Waals surface area contributed by atoms with Gasteiger partial charge in [0.1, 0.15) is 0 Å². The fourth-order valence-electron chi connectivity index (χ4n) is 2.82. The number of hydrogen-bond donors (Lipinski definition) is 2. The predicted molar refractivity (Wildman–Crippen MR) is 118 cm³/mol. The Labute approximate surface area is 171 Å². The Hall–Kier alpha value is -1.68. The highest BCUT2D eigenvalue weighted by Crippen LogP contribution is 2.13. The van der Waals surface area contributed by atoms with Gasteiger partial charge in [-0.05, 0) is 27.2 Å². The highest BCUT2D eigenvalue weighted by atomic mass is 16.4. The summed E-state index contributed by atoms with van der Waals surface area (Å²) >= 11 is 0. The van der Waals surface area contributed by atoms with Gasteiger partial charge < -0.3 is 10.8 Å². The molecule has 3 N–H and O–H groups in total. The number of hydrogen-bond acceptors (Lipinski definition) is 3. The topological polar surface area (TPSA) is 80.4 Å². The molecule has 0 atom stereocenters. The van der Waals surface area contributed by atoms with Crippen molar-refractivity contribution in [2.75, 3.05) is 0 Å². The quantitative estimate of drug-likeness (QED) is 0.305. The van der Waals surface area contributed by atoms with E-state index in [0.717, 1.165) is 5.56 Å². The first-order valence-electron chi connectivity index (χ1n) is 10.8. The number of rotatable bonds is 13. The second-order valence-electron chi connectivity index (χ2n) is 8.40. The lowest BCUT2D eigenvalue weighted by molar-refractivity contribution is -0.136. The van der Waals surface area contributed by atoms with Gasteiger partial charge in [0.15, 0.2) is 5.78 Å². The van der Waals surface area contributed by atoms with Crippen LogP contribution in [0.15, 0.2) is 24.3 Å². The van der Waals surface area contributed by atoms with Crippen molar-refractivity contribution in [2.45, 2.75) is 104 Å². The van der Waals surface area contributed by atoms with Gasteiger partial charge >= 0.3 is 5.97 Å². The van der Waals surface area contributed by atoms with Gasteiger partial charge in [-0.1, -0.05) is 88.1 Å². The van der Waals surface area contributed by atoms with Crippen molar-refractivity contribution in [3.63, 3.8) is 0 Å². The number of ketones is 1. The first-order chi connectivity index (χ1) is 13.2. The Morgan fingerprint density at radius 1 is 0.893 bits per heavy atom. The van der Waals surface area contributed by atoms with Crippen molar-refractivity contribution in [3.05, 3.63) is 35.4 Å². The molecule has 0 saturated heterocycles. The molecule has 0 bridgehead atoms. The van der Waals surface area contributed by atoms with E-state index in [-0.39, 0.29) is 24.2 Å². The average molecular weight is 392 g/mol. The lowest BCUT2D eigenvalue weighted by Crippen LogP contribution is -2.31. The van der Waals surface area contributed by atoms with Gasteiger partial charge in [-0.3, -0.25) is 9.59 Å². The molecule has 0 saturated carbocycles. The number of unbranched alkanes of at least 4 members (excludes halogenated alkanes) is 7. The summed E-state index contributed by atoms with van der Waals surface area (Å²) in [5, 5.41) is 8.40. The number of aliphatic carboxylic acids is 1. The van der Waals surface area contributed by atoms with Gasteiger partial charge in [0.2, 0.25) is 0 Å². The van der Waals surface area contributed by atoms with E-state index in [2.05, 4.69) is 20.8 Å². The van der Waals surface area contributed by atoms with Gasteiger partial charge in [-0.25, -0.2) is 0 Å². The molecular formula is C24H41NO3. The summed E-state index contributed by atoms with van der Waals surface area (Å²) < 4.78 is 0. The van der Waals surface area contributed by atoms with Crippen molar-refractivity contribution in [1.82, 2.24) is 0 Å². The van der Waals surface area contributed by atoms with Crippen LogP contribution in [0.4, 0.5) is 0 Å². The van der Waals surface area contributed by atoms with E-state index in [1.807, 2.05) is 19.1 Å². The van der Waals surface area contributed by atoms with Crippen molar-refractivity contribution >= 4 is 11.8 Å². The fourth-order valence-corrected chi connectivity index (χ4v) is 2.82. The molecule has 0 radical (unpaired) electrons. The van der Waals surface area contributed by atoms with Gasteiger partial charge in [-0.15, -0.1) is 0 Å². The molecule has 4 heteroatoms. The molecule has 1 rings (SSSR count). The van der Waals surface area contributed by atoms with Crippen molar-refractivity contribution in [3.8, 4) is 0 Å². The SMILES string of the molecule is CCCCCCCCCCC(C)(C)N.Cc1ccc(C(=O)CCC(=O)O)cc1. The highest BCUT2D eigenvalue weighted by molar-refractivity contribution is 5.97. The van der Waals surface area contributed by atoms with E-state index in [1.54, 1.807) is 12.1 Å². The van der Waals surface area contributed by atoms with Crippen molar-refractivity contribution in [1.29, 1.82) is 0 Å². The minimum absolute atomic E-state index is 0.0439. The second-order valence-corrected chi connectivity index (χ2v) is 8.40. The maximum atomic E-state index is 11.4. The molecule has 0 aliphatic heterocycles. The number of aryl methyl sites for hydroxylation is 1. The largest absolute Gasteiger partial charge is 0.481 e. The molecule has 4 nitrogen and oxygen atoms in total. The number of carboxylic acid groups (broad SMARTS) is 1. The van der Waals surface area contributed by atoms with Crippen LogP contribution in [0.5, 0.6) is 0 Å². The van der Waals surface area contributed by atoms with Crippen LogP contribution in [0.3, 0.4) is 0 Å². The third kappa shape index (κ3) is 16.5. The van der Waals surface area contributed by atoms with Gasteiger partial charge in [0, 0.05) is 17.5 Å². The molecule has 0 amide bonds. The molecule has 0 unspecified atom stereocenters. The molecule has 0 aliphatic carbocycles. The summed E-state index contributed by atoms with van der Waals surface area (Å²) in [6.45, 7) is 8.44. The van der Waals surface area contributed by atoms with Crippen molar-refractivity contribution in [2.24, 2.45) is 5.73 Å². The van der Waals surface area contributed by atoms with Crippen LogP contribution >= 0.6 is 0 Å². The molecule has 0 aliphatic rings. The van der Waals surface area contributed by atoms with Gasteiger partial charge in [0.05, 0.1) is 6.42 Å².